The number of amides is 2. The average Bonchev–Trinajstić information content (AvgIpc) is 3.01. The van der Waals surface area contributed by atoms with Gasteiger partial charge in [-0.25, -0.2) is 4.79 Å². The van der Waals surface area contributed by atoms with Crippen LogP contribution in [-0.4, -0.2) is 41.5 Å². The number of carbonyl (C=O) groups is 1. The van der Waals surface area contributed by atoms with Crippen LogP contribution < -0.4 is 5.32 Å². The standard InChI is InChI=1S/C17H23N3O/c21-17(20-10-14-3-1-2-4-15(14)11-20)18-16-7-8-19(12-16)9-13-5-6-13/h1-4,13,16H,5-12H2,(H,18,21)/t16-/m1/s1. The Morgan fingerprint density at radius 1 is 1.14 bits per heavy atom. The van der Waals surface area contributed by atoms with Crippen molar-refractivity contribution in [1.82, 2.24) is 15.1 Å². The number of nitrogens with zero attached hydrogens (tertiary/aromatic N) is 2. The van der Waals surface area contributed by atoms with E-state index in [0.29, 0.717) is 6.04 Å². The van der Waals surface area contributed by atoms with E-state index in [4.69, 9.17) is 0 Å². The summed E-state index contributed by atoms with van der Waals surface area (Å²) in [6.07, 6.45) is 3.90. The third kappa shape index (κ3) is 2.91. The summed E-state index contributed by atoms with van der Waals surface area (Å²) in [7, 11) is 0. The summed E-state index contributed by atoms with van der Waals surface area (Å²) in [5.74, 6) is 0.938. The van der Waals surface area contributed by atoms with Crippen LogP contribution in [0.4, 0.5) is 4.79 Å². The van der Waals surface area contributed by atoms with E-state index in [1.807, 2.05) is 17.0 Å². The fourth-order valence-electron chi connectivity index (χ4n) is 3.52. The van der Waals surface area contributed by atoms with Crippen LogP contribution in [0.2, 0.25) is 0 Å². The topological polar surface area (TPSA) is 35.6 Å². The second-order valence-corrected chi connectivity index (χ2v) is 6.76. The zero-order chi connectivity index (χ0) is 14.2. The zero-order valence-electron chi connectivity index (χ0n) is 12.4. The predicted octanol–water partition coefficient (Wildman–Crippen LogP) is 2.20. The minimum atomic E-state index is 0.101. The number of fused-ring (bicyclic) bond motifs is 1. The molecule has 112 valence electrons. The van der Waals surface area contributed by atoms with Crippen LogP contribution in [0.3, 0.4) is 0 Å². The molecule has 4 heteroatoms. The monoisotopic (exact) mass is 285 g/mol. The molecule has 0 bridgehead atoms. The summed E-state index contributed by atoms with van der Waals surface area (Å²) in [4.78, 5) is 16.8. The molecule has 4 nitrogen and oxygen atoms in total. The molecule has 0 aromatic heterocycles. The number of rotatable bonds is 3. The molecule has 0 unspecified atom stereocenters. The molecule has 1 aromatic carbocycles. The van der Waals surface area contributed by atoms with Crippen LogP contribution in [0.1, 0.15) is 30.4 Å². The predicted molar refractivity (Wildman–Crippen MR) is 81.8 cm³/mol. The molecule has 1 saturated heterocycles. The minimum absolute atomic E-state index is 0.101. The van der Waals surface area contributed by atoms with E-state index in [1.165, 1.54) is 30.5 Å². The molecule has 1 atom stereocenters. The summed E-state index contributed by atoms with van der Waals surface area (Å²) in [5.41, 5.74) is 2.57. The first kappa shape index (κ1) is 13.1. The highest BCUT2D eigenvalue weighted by atomic mass is 16.2. The van der Waals surface area contributed by atoms with Gasteiger partial charge in [-0.2, -0.15) is 0 Å². The highest BCUT2D eigenvalue weighted by Gasteiger charge is 2.31. The summed E-state index contributed by atoms with van der Waals surface area (Å²) in [6, 6.07) is 8.77. The van der Waals surface area contributed by atoms with E-state index in [2.05, 4.69) is 22.3 Å². The largest absolute Gasteiger partial charge is 0.334 e. The third-order valence-electron chi connectivity index (χ3n) is 4.94. The van der Waals surface area contributed by atoms with Gasteiger partial charge >= 0.3 is 6.03 Å². The van der Waals surface area contributed by atoms with Crippen LogP contribution in [0.15, 0.2) is 24.3 Å². The lowest BCUT2D eigenvalue weighted by atomic mass is 10.1. The number of nitrogens with one attached hydrogen (secondary N) is 1. The van der Waals surface area contributed by atoms with Gasteiger partial charge in [-0.05, 0) is 36.3 Å². The number of hydrogen-bond donors (Lipinski definition) is 1. The first-order valence-electron chi connectivity index (χ1n) is 8.12. The van der Waals surface area contributed by atoms with Crippen molar-refractivity contribution in [2.75, 3.05) is 19.6 Å². The van der Waals surface area contributed by atoms with Gasteiger partial charge in [0.1, 0.15) is 0 Å². The molecule has 3 aliphatic rings. The second-order valence-electron chi connectivity index (χ2n) is 6.76. The highest BCUT2D eigenvalue weighted by Crippen LogP contribution is 2.30. The van der Waals surface area contributed by atoms with Crippen molar-refractivity contribution in [2.45, 2.75) is 38.4 Å². The Labute approximate surface area is 126 Å². The van der Waals surface area contributed by atoms with E-state index < -0.39 is 0 Å². The van der Waals surface area contributed by atoms with Crippen molar-refractivity contribution in [3.8, 4) is 0 Å². The number of likely N-dealkylation sites (tertiary alicyclic amines) is 1. The molecular formula is C17H23N3O. The van der Waals surface area contributed by atoms with Gasteiger partial charge in [-0.3, -0.25) is 0 Å². The van der Waals surface area contributed by atoms with E-state index in [-0.39, 0.29) is 6.03 Å². The Hall–Kier alpha value is -1.55. The maximum absolute atomic E-state index is 12.4. The Morgan fingerprint density at radius 2 is 1.86 bits per heavy atom. The Balaban J connectivity index is 1.29. The Kier molecular flexibility index (Phi) is 3.34. The molecule has 2 amide bonds. The smallest absolute Gasteiger partial charge is 0.318 e. The van der Waals surface area contributed by atoms with E-state index in [9.17, 15) is 4.79 Å². The lowest BCUT2D eigenvalue weighted by molar-refractivity contribution is 0.194. The second kappa shape index (κ2) is 5.34. The van der Waals surface area contributed by atoms with Gasteiger partial charge in [-0.1, -0.05) is 24.3 Å². The Morgan fingerprint density at radius 3 is 2.52 bits per heavy atom. The van der Waals surface area contributed by atoms with Crippen LogP contribution in [0.25, 0.3) is 0 Å². The normalized spacial score (nSPS) is 25.1. The molecular weight excluding hydrogens is 262 g/mol. The van der Waals surface area contributed by atoms with E-state index in [1.54, 1.807) is 0 Å². The maximum atomic E-state index is 12.4. The molecule has 1 aliphatic carbocycles. The summed E-state index contributed by atoms with van der Waals surface area (Å²) >= 11 is 0. The quantitative estimate of drug-likeness (QED) is 0.924. The lowest BCUT2D eigenvalue weighted by Gasteiger charge is -2.21. The van der Waals surface area contributed by atoms with Crippen LogP contribution in [-0.2, 0) is 13.1 Å². The van der Waals surface area contributed by atoms with Crippen LogP contribution in [0.5, 0.6) is 0 Å². The molecule has 1 saturated carbocycles. The van der Waals surface area contributed by atoms with E-state index in [0.717, 1.165) is 38.5 Å². The number of benzene rings is 1. The SMILES string of the molecule is O=C(N[C@@H]1CCN(CC2CC2)C1)N1Cc2ccccc2C1. The minimum Gasteiger partial charge on any atom is -0.334 e. The van der Waals surface area contributed by atoms with Gasteiger partial charge < -0.3 is 15.1 Å². The third-order valence-corrected chi connectivity index (χ3v) is 4.94. The van der Waals surface area contributed by atoms with Gasteiger partial charge in [0.05, 0.1) is 0 Å². The number of hydrogen-bond acceptors (Lipinski definition) is 2. The van der Waals surface area contributed by atoms with Gasteiger partial charge in [0.15, 0.2) is 0 Å². The molecule has 0 spiro atoms. The van der Waals surface area contributed by atoms with Gasteiger partial charge in [0.25, 0.3) is 0 Å². The Bertz CT molecular complexity index is 516. The van der Waals surface area contributed by atoms with Crippen LogP contribution >= 0.6 is 0 Å². The number of carbonyl (C=O) groups excluding carboxylic acids is 1. The fraction of sp³-hybridized carbons (Fsp3) is 0.588. The molecule has 2 aliphatic heterocycles. The summed E-state index contributed by atoms with van der Waals surface area (Å²) in [6.45, 7) is 4.91. The molecule has 4 rings (SSSR count). The molecule has 2 fully saturated rings. The van der Waals surface area contributed by atoms with Gasteiger partial charge in [-0.15, -0.1) is 0 Å². The first-order chi connectivity index (χ1) is 10.3. The summed E-state index contributed by atoms with van der Waals surface area (Å²) < 4.78 is 0. The van der Waals surface area contributed by atoms with Crippen LogP contribution in [0, 0.1) is 5.92 Å². The molecule has 1 aromatic rings. The van der Waals surface area contributed by atoms with Crippen molar-refractivity contribution in [2.24, 2.45) is 5.92 Å². The molecule has 2 heterocycles. The highest BCUT2D eigenvalue weighted by molar-refractivity contribution is 5.75. The maximum Gasteiger partial charge on any atom is 0.318 e. The van der Waals surface area contributed by atoms with Gasteiger partial charge in [0, 0.05) is 38.8 Å². The first-order valence-corrected chi connectivity index (χ1v) is 8.12. The zero-order valence-corrected chi connectivity index (χ0v) is 12.4. The fourth-order valence-corrected chi connectivity index (χ4v) is 3.52. The van der Waals surface area contributed by atoms with E-state index >= 15 is 0 Å². The van der Waals surface area contributed by atoms with Crippen molar-refractivity contribution >= 4 is 6.03 Å². The van der Waals surface area contributed by atoms with Crippen molar-refractivity contribution in [3.63, 3.8) is 0 Å². The lowest BCUT2D eigenvalue weighted by Crippen LogP contribution is -2.43. The molecule has 0 radical (unpaired) electrons. The van der Waals surface area contributed by atoms with Crippen molar-refractivity contribution < 1.29 is 4.79 Å². The van der Waals surface area contributed by atoms with Crippen molar-refractivity contribution in [1.29, 1.82) is 0 Å². The average molecular weight is 285 g/mol. The molecule has 21 heavy (non-hydrogen) atoms. The molecule has 1 N–H and O–H groups in total. The summed E-state index contributed by atoms with van der Waals surface area (Å²) in [5, 5.41) is 3.22. The van der Waals surface area contributed by atoms with Gasteiger partial charge in [0.2, 0.25) is 0 Å². The number of urea groups is 1. The van der Waals surface area contributed by atoms with Crippen molar-refractivity contribution in [3.05, 3.63) is 35.4 Å².